The van der Waals surface area contributed by atoms with Crippen molar-refractivity contribution in [1.29, 1.82) is 5.26 Å². The van der Waals surface area contributed by atoms with Crippen LogP contribution in [0.25, 0.3) is 16.6 Å². The van der Waals surface area contributed by atoms with Crippen LogP contribution in [0.4, 0.5) is 0 Å². The van der Waals surface area contributed by atoms with Crippen LogP contribution < -0.4 is 10.3 Å². The Balaban J connectivity index is 1.40. The van der Waals surface area contributed by atoms with Crippen molar-refractivity contribution < 1.29 is 4.74 Å². The molecule has 0 saturated carbocycles. The summed E-state index contributed by atoms with van der Waals surface area (Å²) in [5.74, 6) is 1.32. The first kappa shape index (κ1) is 26.1. The smallest absolute Gasteiger partial charge is 0.282 e. The van der Waals surface area contributed by atoms with Gasteiger partial charge in [-0.1, -0.05) is 41.1 Å². The Morgan fingerprint density at radius 2 is 1.85 bits per heavy atom. The summed E-state index contributed by atoms with van der Waals surface area (Å²) in [6.07, 6.45) is 2.29. The molecule has 0 N–H and O–H groups in total. The second-order valence-electron chi connectivity index (χ2n) is 9.12. The first-order valence-corrected chi connectivity index (χ1v) is 13.3. The minimum absolute atomic E-state index is 0.198. The molecule has 0 spiro atoms. The fourth-order valence-corrected chi connectivity index (χ4v) is 4.95. The molecule has 0 bridgehead atoms. The van der Waals surface area contributed by atoms with Gasteiger partial charge >= 0.3 is 0 Å². The van der Waals surface area contributed by atoms with Gasteiger partial charge in [-0.15, -0.1) is 0 Å². The number of halogens is 1. The van der Waals surface area contributed by atoms with Crippen LogP contribution >= 0.6 is 15.9 Å². The van der Waals surface area contributed by atoms with E-state index >= 15 is 0 Å². The van der Waals surface area contributed by atoms with Crippen LogP contribution in [0.15, 0.2) is 87.2 Å². The van der Waals surface area contributed by atoms with Crippen molar-refractivity contribution in [2.45, 2.75) is 33.8 Å². The predicted molar refractivity (Wildman–Crippen MR) is 157 cm³/mol. The molecular weight excluding hydrogens is 554 g/mol. The van der Waals surface area contributed by atoms with Gasteiger partial charge in [0.15, 0.2) is 0 Å². The molecular formula is C31H26BrN5O2. The molecule has 39 heavy (non-hydrogen) atoms. The number of ether oxygens (including phenoxy) is 1. The summed E-state index contributed by atoms with van der Waals surface area (Å²) in [7, 11) is 0. The summed E-state index contributed by atoms with van der Waals surface area (Å²) in [4.78, 5) is 17.9. The van der Waals surface area contributed by atoms with Gasteiger partial charge in [0.25, 0.3) is 5.56 Å². The third-order valence-electron chi connectivity index (χ3n) is 6.60. The highest BCUT2D eigenvalue weighted by atomic mass is 79.9. The van der Waals surface area contributed by atoms with Crippen LogP contribution in [0.2, 0.25) is 0 Å². The number of nitrogens with zero attached hydrogens (tertiary/aromatic N) is 5. The summed E-state index contributed by atoms with van der Waals surface area (Å²) in [5.41, 5.74) is 5.85. The summed E-state index contributed by atoms with van der Waals surface area (Å²) >= 11 is 3.44. The molecule has 0 aliphatic heterocycles. The zero-order chi connectivity index (χ0) is 27.5. The van der Waals surface area contributed by atoms with Crippen LogP contribution in [0, 0.1) is 25.2 Å². The second kappa shape index (κ2) is 11.1. The zero-order valence-corrected chi connectivity index (χ0v) is 23.4. The number of hydrogen-bond acceptors (Lipinski definition) is 5. The van der Waals surface area contributed by atoms with Crippen molar-refractivity contribution in [2.24, 2.45) is 5.10 Å². The minimum atomic E-state index is -0.198. The van der Waals surface area contributed by atoms with Gasteiger partial charge in [-0.05, 0) is 68.4 Å². The quantitative estimate of drug-likeness (QED) is 0.207. The first-order valence-electron chi connectivity index (χ1n) is 12.5. The Bertz CT molecular complexity index is 1810. The van der Waals surface area contributed by atoms with E-state index in [-0.39, 0.29) is 5.56 Å². The van der Waals surface area contributed by atoms with Crippen LogP contribution in [-0.2, 0) is 13.0 Å². The highest BCUT2D eigenvalue weighted by Crippen LogP contribution is 2.23. The Kier molecular flexibility index (Phi) is 7.44. The van der Waals surface area contributed by atoms with Gasteiger partial charge in [0.1, 0.15) is 18.2 Å². The van der Waals surface area contributed by atoms with E-state index in [2.05, 4.69) is 36.7 Å². The highest BCUT2D eigenvalue weighted by Gasteiger charge is 2.12. The molecule has 0 saturated heterocycles. The SMILES string of the molecule is CCc1nc2ccc(Br)cc2c(=O)n1N=Cc1cc(C)n(-c2ccc(OCc3ccccc3C#N)cc2)c1C. The lowest BCUT2D eigenvalue weighted by atomic mass is 10.1. The van der Waals surface area contributed by atoms with Crippen LogP contribution in [0.5, 0.6) is 5.75 Å². The standard InChI is InChI=1S/C31H26BrN5O2/c1-4-30-35-29-14-9-25(32)16-28(29)31(38)37(30)34-18-24-15-20(2)36(21(24)3)26-10-12-27(13-11-26)39-19-23-8-6-5-7-22(23)17-33/h5-16,18H,4,19H2,1-3H3. The topological polar surface area (TPSA) is 85.2 Å². The number of aryl methyl sites for hydroxylation is 2. The minimum Gasteiger partial charge on any atom is -0.489 e. The molecule has 8 heteroatoms. The fraction of sp³-hybridized carbons (Fsp3) is 0.161. The third kappa shape index (κ3) is 5.27. The van der Waals surface area contributed by atoms with E-state index in [1.807, 2.05) is 81.4 Å². The van der Waals surface area contributed by atoms with Crippen molar-refractivity contribution in [1.82, 2.24) is 14.2 Å². The Morgan fingerprint density at radius 3 is 2.59 bits per heavy atom. The average molecular weight is 580 g/mol. The maximum Gasteiger partial charge on any atom is 0.282 e. The molecule has 0 aliphatic carbocycles. The normalized spacial score (nSPS) is 11.3. The molecule has 0 unspecified atom stereocenters. The molecule has 0 aliphatic rings. The molecule has 5 rings (SSSR count). The summed E-state index contributed by atoms with van der Waals surface area (Å²) < 4.78 is 10.3. The molecule has 5 aromatic rings. The van der Waals surface area contributed by atoms with E-state index in [0.29, 0.717) is 35.3 Å². The van der Waals surface area contributed by atoms with Crippen molar-refractivity contribution in [3.05, 3.63) is 122 Å². The number of fused-ring (bicyclic) bond motifs is 1. The molecule has 194 valence electrons. The monoisotopic (exact) mass is 579 g/mol. The van der Waals surface area contributed by atoms with E-state index in [0.717, 1.165) is 38.4 Å². The van der Waals surface area contributed by atoms with Gasteiger partial charge in [-0.2, -0.15) is 15.0 Å². The van der Waals surface area contributed by atoms with E-state index in [1.54, 1.807) is 18.3 Å². The van der Waals surface area contributed by atoms with E-state index in [1.165, 1.54) is 4.68 Å². The number of aromatic nitrogens is 3. The fourth-order valence-electron chi connectivity index (χ4n) is 4.59. The zero-order valence-electron chi connectivity index (χ0n) is 21.9. The van der Waals surface area contributed by atoms with Crippen molar-refractivity contribution in [3.63, 3.8) is 0 Å². The van der Waals surface area contributed by atoms with Crippen LogP contribution in [-0.4, -0.2) is 20.4 Å². The van der Waals surface area contributed by atoms with E-state index in [4.69, 9.17) is 4.74 Å². The largest absolute Gasteiger partial charge is 0.489 e. The Hall–Kier alpha value is -4.48. The number of hydrogen-bond donors (Lipinski definition) is 0. The third-order valence-corrected chi connectivity index (χ3v) is 7.09. The summed E-state index contributed by atoms with van der Waals surface area (Å²) in [6.45, 7) is 6.34. The Labute approximate surface area is 234 Å². The molecule has 0 radical (unpaired) electrons. The molecule has 0 fully saturated rings. The molecule has 0 amide bonds. The molecule has 7 nitrogen and oxygen atoms in total. The van der Waals surface area contributed by atoms with Gasteiger partial charge in [0, 0.05) is 39.1 Å². The number of benzene rings is 3. The number of nitriles is 1. The van der Waals surface area contributed by atoms with Gasteiger partial charge in [0.2, 0.25) is 0 Å². The predicted octanol–water partition coefficient (Wildman–Crippen LogP) is 6.46. The first-order chi connectivity index (χ1) is 18.9. The van der Waals surface area contributed by atoms with Gasteiger partial charge < -0.3 is 9.30 Å². The van der Waals surface area contributed by atoms with Crippen molar-refractivity contribution in [3.8, 4) is 17.5 Å². The second-order valence-corrected chi connectivity index (χ2v) is 10.0. The Morgan fingerprint density at radius 1 is 1.08 bits per heavy atom. The lowest BCUT2D eigenvalue weighted by Gasteiger charge is -2.12. The summed E-state index contributed by atoms with van der Waals surface area (Å²) in [6, 6.07) is 25.0. The van der Waals surface area contributed by atoms with Gasteiger partial charge in [-0.3, -0.25) is 4.79 Å². The lowest BCUT2D eigenvalue weighted by molar-refractivity contribution is 0.306. The van der Waals surface area contributed by atoms with Crippen LogP contribution in [0.3, 0.4) is 0 Å². The van der Waals surface area contributed by atoms with Crippen molar-refractivity contribution in [2.75, 3.05) is 0 Å². The molecule has 3 aromatic carbocycles. The van der Waals surface area contributed by atoms with E-state index < -0.39 is 0 Å². The number of rotatable bonds is 7. The summed E-state index contributed by atoms with van der Waals surface area (Å²) in [5, 5.41) is 14.4. The van der Waals surface area contributed by atoms with Gasteiger partial charge in [-0.25, -0.2) is 4.98 Å². The molecule has 2 aromatic heterocycles. The molecule has 0 atom stereocenters. The van der Waals surface area contributed by atoms with E-state index in [9.17, 15) is 10.1 Å². The van der Waals surface area contributed by atoms with Crippen LogP contribution in [0.1, 0.15) is 40.8 Å². The highest BCUT2D eigenvalue weighted by molar-refractivity contribution is 9.10. The average Bonchev–Trinajstić information content (AvgIpc) is 3.24. The maximum absolute atomic E-state index is 13.2. The maximum atomic E-state index is 13.2. The van der Waals surface area contributed by atoms with Crippen molar-refractivity contribution >= 4 is 33.0 Å². The molecule has 2 heterocycles. The van der Waals surface area contributed by atoms with Gasteiger partial charge in [0.05, 0.1) is 28.8 Å². The lowest BCUT2D eigenvalue weighted by Crippen LogP contribution is -2.22.